The van der Waals surface area contributed by atoms with E-state index in [2.05, 4.69) is 15.4 Å². The average Bonchev–Trinajstić information content (AvgIpc) is 2.46. The maximum atomic E-state index is 4.32. The lowest BCUT2D eigenvalue weighted by Gasteiger charge is -1.95. The molecular weight excluding hydrogens is 164 g/mol. The molecule has 4 nitrogen and oxygen atoms in total. The van der Waals surface area contributed by atoms with E-state index in [4.69, 9.17) is 0 Å². The van der Waals surface area contributed by atoms with Crippen molar-refractivity contribution in [1.82, 2.24) is 14.8 Å². The van der Waals surface area contributed by atoms with Crippen molar-refractivity contribution in [2.24, 2.45) is 7.05 Å². The van der Waals surface area contributed by atoms with Gasteiger partial charge in [0.05, 0.1) is 5.52 Å². The Balaban J connectivity index is 2.63. The minimum Gasteiger partial charge on any atom is -0.367 e. The summed E-state index contributed by atoms with van der Waals surface area (Å²) in [6, 6.07) is 3.93. The van der Waals surface area contributed by atoms with Crippen molar-refractivity contribution < 1.29 is 0 Å². The van der Waals surface area contributed by atoms with Gasteiger partial charge in [0.15, 0.2) is 5.82 Å². The molecule has 2 heterocycles. The molecular formula is C9H12N4. The van der Waals surface area contributed by atoms with Gasteiger partial charge in [0, 0.05) is 19.8 Å². The van der Waals surface area contributed by atoms with Gasteiger partial charge in [-0.1, -0.05) is 0 Å². The van der Waals surface area contributed by atoms with Crippen molar-refractivity contribution in [3.8, 4) is 0 Å². The zero-order chi connectivity index (χ0) is 9.26. The van der Waals surface area contributed by atoms with E-state index in [0.29, 0.717) is 0 Å². The zero-order valence-electron chi connectivity index (χ0n) is 7.78. The lowest BCUT2D eigenvalue weighted by Crippen LogP contribution is -1.98. The van der Waals surface area contributed by atoms with E-state index in [0.717, 1.165) is 23.4 Å². The van der Waals surface area contributed by atoms with E-state index in [1.54, 1.807) is 6.20 Å². The highest BCUT2D eigenvalue weighted by Crippen LogP contribution is 2.18. The van der Waals surface area contributed by atoms with E-state index in [1.165, 1.54) is 0 Å². The molecule has 68 valence electrons. The van der Waals surface area contributed by atoms with Crippen LogP contribution in [-0.2, 0) is 7.05 Å². The first-order valence-electron chi connectivity index (χ1n) is 4.34. The summed E-state index contributed by atoms with van der Waals surface area (Å²) in [6.45, 7) is 2.91. The topological polar surface area (TPSA) is 42.7 Å². The Labute approximate surface area is 76.6 Å². The minimum atomic E-state index is 0.862. The third-order valence-electron chi connectivity index (χ3n) is 1.95. The molecule has 0 spiro atoms. The summed E-state index contributed by atoms with van der Waals surface area (Å²) in [6.07, 6.45) is 1.78. The van der Waals surface area contributed by atoms with Crippen LogP contribution in [0.1, 0.15) is 6.92 Å². The smallest absolute Gasteiger partial charge is 0.174 e. The van der Waals surface area contributed by atoms with E-state index in [9.17, 15) is 0 Å². The Kier molecular flexibility index (Phi) is 1.88. The van der Waals surface area contributed by atoms with Crippen LogP contribution in [0.4, 0.5) is 5.82 Å². The van der Waals surface area contributed by atoms with Gasteiger partial charge in [-0.3, -0.25) is 9.67 Å². The van der Waals surface area contributed by atoms with Crippen LogP contribution >= 0.6 is 0 Å². The third-order valence-corrected chi connectivity index (χ3v) is 1.95. The highest BCUT2D eigenvalue weighted by Gasteiger charge is 2.06. The van der Waals surface area contributed by atoms with Crippen molar-refractivity contribution in [2.45, 2.75) is 6.92 Å². The predicted octanol–water partition coefficient (Wildman–Crippen LogP) is 1.40. The number of aromatic nitrogens is 3. The molecule has 0 aliphatic carbocycles. The van der Waals surface area contributed by atoms with Gasteiger partial charge in [0.1, 0.15) is 5.52 Å². The van der Waals surface area contributed by atoms with Crippen molar-refractivity contribution in [3.63, 3.8) is 0 Å². The van der Waals surface area contributed by atoms with Crippen molar-refractivity contribution >= 4 is 16.9 Å². The van der Waals surface area contributed by atoms with Gasteiger partial charge in [-0.05, 0) is 19.1 Å². The molecule has 0 aliphatic rings. The summed E-state index contributed by atoms with van der Waals surface area (Å²) in [5.74, 6) is 0.862. The van der Waals surface area contributed by atoms with Gasteiger partial charge in [-0.25, -0.2) is 0 Å². The third kappa shape index (κ3) is 1.24. The molecule has 0 radical (unpaired) electrons. The number of anilines is 1. The molecule has 0 atom stereocenters. The molecule has 2 aromatic rings. The first kappa shape index (κ1) is 8.04. The first-order valence-corrected chi connectivity index (χ1v) is 4.34. The van der Waals surface area contributed by atoms with Gasteiger partial charge >= 0.3 is 0 Å². The van der Waals surface area contributed by atoms with Crippen LogP contribution in [0.25, 0.3) is 11.0 Å². The lowest BCUT2D eigenvalue weighted by molar-refractivity contribution is 0.798. The summed E-state index contributed by atoms with van der Waals surface area (Å²) >= 11 is 0. The SMILES string of the molecule is CCNc1nn(C)c2cccnc12. The van der Waals surface area contributed by atoms with Gasteiger partial charge in [0.25, 0.3) is 0 Å². The van der Waals surface area contributed by atoms with E-state index in [1.807, 2.05) is 30.8 Å². The fourth-order valence-electron chi connectivity index (χ4n) is 1.38. The van der Waals surface area contributed by atoms with Crippen molar-refractivity contribution in [3.05, 3.63) is 18.3 Å². The number of fused-ring (bicyclic) bond motifs is 1. The number of hydrogen-bond donors (Lipinski definition) is 1. The molecule has 0 saturated heterocycles. The number of rotatable bonds is 2. The fourth-order valence-corrected chi connectivity index (χ4v) is 1.38. The molecule has 2 aromatic heterocycles. The molecule has 1 N–H and O–H groups in total. The van der Waals surface area contributed by atoms with Crippen LogP contribution in [0.2, 0.25) is 0 Å². The van der Waals surface area contributed by atoms with E-state index in [-0.39, 0.29) is 0 Å². The second-order valence-electron chi connectivity index (χ2n) is 2.87. The number of hydrogen-bond acceptors (Lipinski definition) is 3. The number of aryl methyl sites for hydroxylation is 1. The van der Waals surface area contributed by atoms with E-state index >= 15 is 0 Å². The second-order valence-corrected chi connectivity index (χ2v) is 2.87. The fraction of sp³-hybridized carbons (Fsp3) is 0.333. The van der Waals surface area contributed by atoms with Gasteiger partial charge < -0.3 is 5.32 Å². The van der Waals surface area contributed by atoms with Crippen molar-refractivity contribution in [1.29, 1.82) is 0 Å². The van der Waals surface area contributed by atoms with Gasteiger partial charge in [0.2, 0.25) is 0 Å². The zero-order valence-corrected chi connectivity index (χ0v) is 7.78. The molecule has 0 unspecified atom stereocenters. The van der Waals surface area contributed by atoms with Crippen LogP contribution in [0, 0.1) is 0 Å². The quantitative estimate of drug-likeness (QED) is 0.752. The number of nitrogens with one attached hydrogen (secondary N) is 1. The Morgan fingerprint density at radius 2 is 2.38 bits per heavy atom. The minimum absolute atomic E-state index is 0.862. The van der Waals surface area contributed by atoms with Crippen molar-refractivity contribution in [2.75, 3.05) is 11.9 Å². The molecule has 13 heavy (non-hydrogen) atoms. The Bertz CT molecular complexity index is 418. The highest BCUT2D eigenvalue weighted by molar-refractivity contribution is 5.85. The molecule has 0 aromatic carbocycles. The number of pyridine rings is 1. The Morgan fingerprint density at radius 3 is 3.15 bits per heavy atom. The monoisotopic (exact) mass is 176 g/mol. The largest absolute Gasteiger partial charge is 0.367 e. The normalized spacial score (nSPS) is 10.6. The Morgan fingerprint density at radius 1 is 1.54 bits per heavy atom. The molecule has 0 aliphatic heterocycles. The molecule has 0 saturated carbocycles. The summed E-state index contributed by atoms with van der Waals surface area (Å²) < 4.78 is 1.83. The van der Waals surface area contributed by atoms with Gasteiger partial charge in [-0.2, -0.15) is 5.10 Å². The van der Waals surface area contributed by atoms with Gasteiger partial charge in [-0.15, -0.1) is 0 Å². The van der Waals surface area contributed by atoms with Crippen LogP contribution in [0.5, 0.6) is 0 Å². The molecule has 0 amide bonds. The average molecular weight is 176 g/mol. The molecule has 2 rings (SSSR count). The first-order chi connectivity index (χ1) is 6.33. The highest BCUT2D eigenvalue weighted by atomic mass is 15.3. The Hall–Kier alpha value is -1.58. The number of nitrogens with zero attached hydrogens (tertiary/aromatic N) is 3. The summed E-state index contributed by atoms with van der Waals surface area (Å²) in [5.41, 5.74) is 1.99. The maximum absolute atomic E-state index is 4.32. The van der Waals surface area contributed by atoms with Crippen LogP contribution in [0.3, 0.4) is 0 Å². The van der Waals surface area contributed by atoms with Crippen LogP contribution < -0.4 is 5.32 Å². The van der Waals surface area contributed by atoms with Crippen LogP contribution in [0.15, 0.2) is 18.3 Å². The van der Waals surface area contributed by atoms with E-state index < -0.39 is 0 Å². The second kappa shape index (κ2) is 3.05. The lowest BCUT2D eigenvalue weighted by atomic mass is 10.4. The maximum Gasteiger partial charge on any atom is 0.174 e. The molecule has 0 bridgehead atoms. The molecule has 4 heteroatoms. The summed E-state index contributed by atoms with van der Waals surface area (Å²) in [7, 11) is 1.92. The predicted molar refractivity (Wildman–Crippen MR) is 52.7 cm³/mol. The van der Waals surface area contributed by atoms with Crippen LogP contribution in [-0.4, -0.2) is 21.3 Å². The summed E-state index contributed by atoms with van der Waals surface area (Å²) in [4.78, 5) is 4.27. The summed E-state index contributed by atoms with van der Waals surface area (Å²) in [5, 5.41) is 7.50. The standard InChI is InChI=1S/C9H12N4/c1-3-10-9-8-7(13(2)12-9)5-4-6-11-8/h4-6H,3H2,1-2H3,(H,10,12). The molecule has 0 fully saturated rings.